The monoisotopic (exact) mass is 171 g/mol. The van der Waals surface area contributed by atoms with Gasteiger partial charge in [-0.1, -0.05) is 6.92 Å². The van der Waals surface area contributed by atoms with Gasteiger partial charge in [-0.25, -0.2) is 0 Å². The Morgan fingerprint density at radius 2 is 2.50 bits per heavy atom. The molecule has 0 aromatic rings. The van der Waals surface area contributed by atoms with Crippen LogP contribution in [0.2, 0.25) is 0 Å². The van der Waals surface area contributed by atoms with Gasteiger partial charge in [-0.15, -0.1) is 0 Å². The molecule has 0 aromatic carbocycles. The third-order valence-corrected chi connectivity index (χ3v) is 2.13. The minimum Gasteiger partial charge on any atom is -0.383 e. The van der Waals surface area contributed by atoms with E-state index in [1.807, 2.05) is 5.01 Å². The quantitative estimate of drug-likeness (QED) is 0.616. The first kappa shape index (κ1) is 9.48. The summed E-state index contributed by atoms with van der Waals surface area (Å²) in [7, 11) is 1.71. The number of nitrogens with zero attached hydrogens (tertiary/aromatic N) is 2. The van der Waals surface area contributed by atoms with Crippen molar-refractivity contribution >= 4 is 6.72 Å². The van der Waals surface area contributed by atoms with Gasteiger partial charge in [0.05, 0.1) is 25.4 Å². The lowest BCUT2D eigenvalue weighted by atomic mass is 10.3. The largest absolute Gasteiger partial charge is 0.383 e. The second-order valence-electron chi connectivity index (χ2n) is 3.01. The number of rotatable bonds is 4. The summed E-state index contributed by atoms with van der Waals surface area (Å²) in [6.07, 6.45) is 1.38. The van der Waals surface area contributed by atoms with Crippen molar-refractivity contribution in [3.63, 3.8) is 0 Å². The van der Waals surface area contributed by atoms with Gasteiger partial charge in [-0.05, 0) is 6.42 Å². The zero-order valence-electron chi connectivity index (χ0n) is 7.79. The normalized spacial score (nSPS) is 29.3. The summed E-state index contributed by atoms with van der Waals surface area (Å²) in [5, 5.41) is 9.32. The Balaban J connectivity index is 2.41. The van der Waals surface area contributed by atoms with Gasteiger partial charge < -0.3 is 4.74 Å². The first-order chi connectivity index (χ1) is 5.81. The van der Waals surface area contributed by atoms with Crippen molar-refractivity contribution in [3.05, 3.63) is 0 Å². The smallest absolute Gasteiger partial charge is 0.0965 e. The van der Waals surface area contributed by atoms with Crippen molar-refractivity contribution in [2.24, 2.45) is 5.10 Å². The molecule has 1 saturated heterocycles. The highest BCUT2D eigenvalue weighted by molar-refractivity contribution is 5.22. The SMILES string of the molecule is C=NN1C[C@@H](COC)NC1CC. The lowest BCUT2D eigenvalue weighted by Crippen LogP contribution is -2.34. The second-order valence-corrected chi connectivity index (χ2v) is 3.01. The molecule has 4 heteroatoms. The maximum atomic E-state index is 5.06. The minimum atomic E-state index is 0.336. The molecule has 12 heavy (non-hydrogen) atoms. The van der Waals surface area contributed by atoms with Crippen LogP contribution in [0.15, 0.2) is 5.10 Å². The molecule has 1 fully saturated rings. The van der Waals surface area contributed by atoms with Crippen LogP contribution in [0.5, 0.6) is 0 Å². The van der Waals surface area contributed by atoms with Crippen LogP contribution in [-0.2, 0) is 4.74 Å². The molecule has 70 valence electrons. The molecule has 0 spiro atoms. The predicted octanol–water partition coefficient (Wildman–Crippen LogP) is 0.258. The third kappa shape index (κ3) is 1.95. The molecule has 0 radical (unpaired) electrons. The Labute approximate surface area is 73.6 Å². The Morgan fingerprint density at radius 3 is 2.92 bits per heavy atom. The standard InChI is InChI=1S/C8H17N3O/c1-4-8-10-7(6-12-3)5-11(8)9-2/h7-8,10H,2,4-6H2,1,3H3/t7-,8?/m0/s1. The zero-order chi connectivity index (χ0) is 8.97. The summed E-state index contributed by atoms with van der Waals surface area (Å²) in [6, 6.07) is 0.394. The van der Waals surface area contributed by atoms with Crippen LogP contribution in [0.25, 0.3) is 0 Å². The van der Waals surface area contributed by atoms with Gasteiger partial charge in [0.1, 0.15) is 0 Å². The van der Waals surface area contributed by atoms with Crippen molar-refractivity contribution in [2.45, 2.75) is 25.6 Å². The van der Waals surface area contributed by atoms with Crippen molar-refractivity contribution in [1.82, 2.24) is 10.3 Å². The number of hydrazone groups is 1. The van der Waals surface area contributed by atoms with Gasteiger partial charge in [0.25, 0.3) is 0 Å². The molecule has 0 amide bonds. The van der Waals surface area contributed by atoms with E-state index in [9.17, 15) is 0 Å². The molecule has 1 heterocycles. The van der Waals surface area contributed by atoms with E-state index < -0.39 is 0 Å². The molecule has 1 aliphatic heterocycles. The van der Waals surface area contributed by atoms with Gasteiger partial charge in [0, 0.05) is 13.8 Å². The number of methoxy groups -OCH3 is 1. The number of nitrogens with one attached hydrogen (secondary N) is 1. The molecule has 1 aliphatic rings. The molecule has 0 saturated carbocycles. The lowest BCUT2D eigenvalue weighted by molar-refractivity contribution is 0.173. The molecule has 0 aromatic heterocycles. The number of hydrogen-bond donors (Lipinski definition) is 1. The maximum Gasteiger partial charge on any atom is 0.0965 e. The van der Waals surface area contributed by atoms with E-state index in [2.05, 4.69) is 24.1 Å². The fraction of sp³-hybridized carbons (Fsp3) is 0.875. The van der Waals surface area contributed by atoms with Crippen LogP contribution in [0.3, 0.4) is 0 Å². The summed E-state index contributed by atoms with van der Waals surface area (Å²) < 4.78 is 5.06. The Bertz CT molecular complexity index is 151. The van der Waals surface area contributed by atoms with E-state index in [4.69, 9.17) is 4.74 Å². The Morgan fingerprint density at radius 1 is 1.75 bits per heavy atom. The molecule has 1 unspecified atom stereocenters. The van der Waals surface area contributed by atoms with E-state index >= 15 is 0 Å². The number of hydrogen-bond acceptors (Lipinski definition) is 4. The molecule has 4 nitrogen and oxygen atoms in total. The minimum absolute atomic E-state index is 0.336. The average Bonchev–Trinajstić information content (AvgIpc) is 2.48. The first-order valence-corrected chi connectivity index (χ1v) is 4.30. The molecular weight excluding hydrogens is 154 g/mol. The van der Waals surface area contributed by atoms with Crippen LogP contribution >= 0.6 is 0 Å². The number of ether oxygens (including phenoxy) is 1. The Kier molecular flexibility index (Phi) is 3.49. The van der Waals surface area contributed by atoms with Gasteiger partial charge in [-0.3, -0.25) is 10.3 Å². The highest BCUT2D eigenvalue weighted by atomic mass is 16.5. The van der Waals surface area contributed by atoms with E-state index in [0.29, 0.717) is 12.2 Å². The van der Waals surface area contributed by atoms with Gasteiger partial charge in [0.2, 0.25) is 0 Å². The fourth-order valence-electron chi connectivity index (χ4n) is 1.55. The van der Waals surface area contributed by atoms with Crippen molar-refractivity contribution in [1.29, 1.82) is 0 Å². The first-order valence-electron chi connectivity index (χ1n) is 4.30. The van der Waals surface area contributed by atoms with Crippen molar-refractivity contribution in [3.8, 4) is 0 Å². The van der Waals surface area contributed by atoms with Crippen LogP contribution in [0.1, 0.15) is 13.3 Å². The predicted molar refractivity (Wildman–Crippen MR) is 49.1 cm³/mol. The van der Waals surface area contributed by atoms with Crippen LogP contribution < -0.4 is 5.32 Å². The second kappa shape index (κ2) is 4.42. The van der Waals surface area contributed by atoms with Crippen LogP contribution in [0, 0.1) is 0 Å². The highest BCUT2D eigenvalue weighted by Gasteiger charge is 2.28. The highest BCUT2D eigenvalue weighted by Crippen LogP contribution is 2.11. The molecule has 1 N–H and O–H groups in total. The van der Waals surface area contributed by atoms with Gasteiger partial charge >= 0.3 is 0 Å². The van der Waals surface area contributed by atoms with Gasteiger partial charge in [0.15, 0.2) is 0 Å². The Hall–Kier alpha value is -0.610. The molecule has 0 aliphatic carbocycles. The summed E-state index contributed by atoms with van der Waals surface area (Å²) >= 11 is 0. The van der Waals surface area contributed by atoms with E-state index in [1.165, 1.54) is 0 Å². The van der Waals surface area contributed by atoms with E-state index in [1.54, 1.807) is 7.11 Å². The van der Waals surface area contributed by atoms with Crippen LogP contribution in [-0.4, -0.2) is 44.2 Å². The molecule has 2 atom stereocenters. The molecule has 0 bridgehead atoms. The van der Waals surface area contributed by atoms with Crippen LogP contribution in [0.4, 0.5) is 0 Å². The van der Waals surface area contributed by atoms with E-state index in [-0.39, 0.29) is 0 Å². The molecular formula is C8H17N3O. The fourth-order valence-corrected chi connectivity index (χ4v) is 1.55. The lowest BCUT2D eigenvalue weighted by Gasteiger charge is -2.17. The average molecular weight is 171 g/mol. The summed E-state index contributed by atoms with van der Waals surface area (Å²) in [4.78, 5) is 0. The maximum absolute atomic E-state index is 5.06. The summed E-state index contributed by atoms with van der Waals surface area (Å²) in [5.41, 5.74) is 0. The molecule has 1 rings (SSSR count). The van der Waals surface area contributed by atoms with Crippen molar-refractivity contribution in [2.75, 3.05) is 20.3 Å². The zero-order valence-corrected chi connectivity index (χ0v) is 7.79. The van der Waals surface area contributed by atoms with Crippen molar-refractivity contribution < 1.29 is 4.74 Å². The third-order valence-electron chi connectivity index (χ3n) is 2.13. The van der Waals surface area contributed by atoms with E-state index in [0.717, 1.165) is 19.6 Å². The van der Waals surface area contributed by atoms with Gasteiger partial charge in [-0.2, -0.15) is 5.10 Å². The summed E-state index contributed by atoms with van der Waals surface area (Å²) in [5.74, 6) is 0. The topological polar surface area (TPSA) is 36.9 Å². The summed E-state index contributed by atoms with van der Waals surface area (Å²) in [6.45, 7) is 7.30.